The molecular formula is C12H15N3O3S. The van der Waals surface area contributed by atoms with Crippen LogP contribution in [0, 0.1) is 0 Å². The molecule has 2 aromatic rings. The van der Waals surface area contributed by atoms with Crippen molar-refractivity contribution in [3.8, 4) is 0 Å². The fraction of sp³-hybridized carbons (Fsp3) is 0.500. The van der Waals surface area contributed by atoms with Gasteiger partial charge in [0.1, 0.15) is 11.5 Å². The van der Waals surface area contributed by atoms with Gasteiger partial charge in [0.05, 0.1) is 11.0 Å². The smallest absolute Gasteiger partial charge is 0.257 e. The first-order valence-corrected chi connectivity index (χ1v) is 8.06. The lowest BCUT2D eigenvalue weighted by molar-refractivity contribution is 0.533. The molecule has 0 saturated carbocycles. The summed E-state index contributed by atoms with van der Waals surface area (Å²) in [5.41, 5.74) is 0.408. The van der Waals surface area contributed by atoms with Gasteiger partial charge in [-0.3, -0.25) is 9.89 Å². The molecule has 1 unspecified atom stereocenters. The molecule has 7 heteroatoms. The monoisotopic (exact) mass is 281 g/mol. The third kappa shape index (κ3) is 2.18. The molecule has 0 amide bonds. The van der Waals surface area contributed by atoms with Gasteiger partial charge in [-0.2, -0.15) is 5.10 Å². The van der Waals surface area contributed by atoms with Crippen LogP contribution in [0.1, 0.15) is 25.1 Å². The molecule has 1 N–H and O–H groups in total. The molecule has 0 aliphatic carbocycles. The van der Waals surface area contributed by atoms with Crippen molar-refractivity contribution in [1.82, 2.24) is 14.6 Å². The molecule has 1 aliphatic rings. The maximum absolute atomic E-state index is 12.0. The molecule has 19 heavy (non-hydrogen) atoms. The van der Waals surface area contributed by atoms with E-state index >= 15 is 0 Å². The third-order valence-corrected chi connectivity index (χ3v) is 5.91. The SMILES string of the molecule is O=c1cccc2[nH]nc(CC3CCCCS3(=O)=O)n12. The van der Waals surface area contributed by atoms with E-state index in [9.17, 15) is 13.2 Å². The van der Waals surface area contributed by atoms with Crippen LogP contribution in [0.25, 0.3) is 5.65 Å². The van der Waals surface area contributed by atoms with Crippen molar-refractivity contribution in [2.45, 2.75) is 30.9 Å². The third-order valence-electron chi connectivity index (χ3n) is 3.63. The Morgan fingerprint density at radius 2 is 2.21 bits per heavy atom. The summed E-state index contributed by atoms with van der Waals surface area (Å²) in [5.74, 6) is 0.741. The quantitative estimate of drug-likeness (QED) is 0.870. The highest BCUT2D eigenvalue weighted by molar-refractivity contribution is 7.92. The summed E-state index contributed by atoms with van der Waals surface area (Å²) in [6, 6.07) is 4.84. The zero-order valence-corrected chi connectivity index (χ0v) is 11.2. The fourth-order valence-electron chi connectivity index (χ4n) is 2.61. The van der Waals surface area contributed by atoms with Crippen LogP contribution < -0.4 is 5.56 Å². The predicted octanol–water partition coefficient (Wildman–Crippen LogP) is 0.532. The summed E-state index contributed by atoms with van der Waals surface area (Å²) in [5, 5.41) is 6.44. The topological polar surface area (TPSA) is 84.3 Å². The highest BCUT2D eigenvalue weighted by atomic mass is 32.2. The second kappa shape index (κ2) is 4.48. The summed E-state index contributed by atoms with van der Waals surface area (Å²) in [6.07, 6.45) is 2.60. The normalized spacial score (nSPS) is 22.6. The summed E-state index contributed by atoms with van der Waals surface area (Å²) in [6.45, 7) is 0. The lowest BCUT2D eigenvalue weighted by atomic mass is 10.1. The molecule has 102 valence electrons. The van der Waals surface area contributed by atoms with E-state index in [1.807, 2.05) is 0 Å². The predicted molar refractivity (Wildman–Crippen MR) is 70.9 cm³/mol. The largest absolute Gasteiger partial charge is 0.269 e. The van der Waals surface area contributed by atoms with Crippen molar-refractivity contribution in [3.05, 3.63) is 34.4 Å². The van der Waals surface area contributed by atoms with Crippen LogP contribution in [0.3, 0.4) is 0 Å². The number of aromatic nitrogens is 3. The Labute approximate surface area is 110 Å². The molecular weight excluding hydrogens is 266 g/mol. The molecule has 3 rings (SSSR count). The fourth-order valence-corrected chi connectivity index (χ4v) is 4.47. The average Bonchev–Trinajstić information content (AvgIpc) is 2.77. The minimum atomic E-state index is -3.05. The highest BCUT2D eigenvalue weighted by Gasteiger charge is 2.30. The number of hydrogen-bond acceptors (Lipinski definition) is 4. The van der Waals surface area contributed by atoms with Crippen LogP contribution in [0.15, 0.2) is 23.0 Å². The lowest BCUT2D eigenvalue weighted by Gasteiger charge is -2.21. The number of sulfone groups is 1. The summed E-state index contributed by atoms with van der Waals surface area (Å²) in [7, 11) is -3.05. The van der Waals surface area contributed by atoms with E-state index in [2.05, 4.69) is 10.2 Å². The first kappa shape index (κ1) is 12.4. The average molecular weight is 281 g/mol. The highest BCUT2D eigenvalue weighted by Crippen LogP contribution is 2.22. The minimum Gasteiger partial charge on any atom is -0.269 e. The molecule has 1 aliphatic heterocycles. The number of pyridine rings is 1. The zero-order valence-electron chi connectivity index (χ0n) is 10.4. The van der Waals surface area contributed by atoms with Gasteiger partial charge in [0, 0.05) is 12.5 Å². The molecule has 2 aromatic heterocycles. The Morgan fingerprint density at radius 1 is 1.37 bits per heavy atom. The molecule has 6 nitrogen and oxygen atoms in total. The van der Waals surface area contributed by atoms with E-state index < -0.39 is 15.1 Å². The number of aromatic amines is 1. The molecule has 0 bridgehead atoms. The second-order valence-electron chi connectivity index (χ2n) is 4.91. The van der Waals surface area contributed by atoms with Crippen LogP contribution in [0.2, 0.25) is 0 Å². The maximum Gasteiger partial charge on any atom is 0.257 e. The Bertz CT molecular complexity index is 760. The molecule has 0 radical (unpaired) electrons. The van der Waals surface area contributed by atoms with E-state index in [1.54, 1.807) is 12.1 Å². The Morgan fingerprint density at radius 3 is 3.00 bits per heavy atom. The van der Waals surface area contributed by atoms with Gasteiger partial charge < -0.3 is 0 Å². The van der Waals surface area contributed by atoms with Gasteiger partial charge in [0.2, 0.25) is 0 Å². The number of nitrogens with zero attached hydrogens (tertiary/aromatic N) is 2. The number of H-pyrrole nitrogens is 1. The maximum atomic E-state index is 12.0. The molecule has 1 fully saturated rings. The first-order chi connectivity index (χ1) is 9.08. The van der Waals surface area contributed by atoms with Gasteiger partial charge in [0.25, 0.3) is 5.56 Å². The van der Waals surface area contributed by atoms with Gasteiger partial charge in [-0.25, -0.2) is 12.8 Å². The summed E-state index contributed by atoms with van der Waals surface area (Å²) < 4.78 is 25.5. The van der Waals surface area contributed by atoms with Crippen LogP contribution in [-0.4, -0.2) is 34.0 Å². The van der Waals surface area contributed by atoms with Gasteiger partial charge in [-0.15, -0.1) is 0 Å². The van der Waals surface area contributed by atoms with Gasteiger partial charge in [-0.1, -0.05) is 12.5 Å². The van der Waals surface area contributed by atoms with E-state index in [4.69, 9.17) is 0 Å². The van der Waals surface area contributed by atoms with Crippen molar-refractivity contribution < 1.29 is 8.42 Å². The van der Waals surface area contributed by atoms with E-state index in [1.165, 1.54) is 10.5 Å². The van der Waals surface area contributed by atoms with Gasteiger partial charge >= 0.3 is 0 Å². The molecule has 3 heterocycles. The Hall–Kier alpha value is -1.63. The standard InChI is InChI=1S/C12H15N3O3S/c16-12-6-3-5-10-13-14-11(15(10)12)8-9-4-1-2-7-19(9,17)18/h3,5-6,9,13H,1-2,4,7-8H2. The Kier molecular flexibility index (Phi) is 2.93. The second-order valence-corrected chi connectivity index (χ2v) is 7.31. The number of nitrogens with one attached hydrogen (secondary N) is 1. The van der Waals surface area contributed by atoms with E-state index in [-0.39, 0.29) is 11.3 Å². The van der Waals surface area contributed by atoms with Crippen LogP contribution in [0.5, 0.6) is 0 Å². The van der Waals surface area contributed by atoms with Crippen molar-refractivity contribution in [1.29, 1.82) is 0 Å². The Balaban J connectivity index is 2.00. The number of hydrogen-bond donors (Lipinski definition) is 1. The molecule has 1 saturated heterocycles. The van der Waals surface area contributed by atoms with Crippen LogP contribution >= 0.6 is 0 Å². The molecule has 0 aromatic carbocycles. The van der Waals surface area contributed by atoms with Gasteiger partial charge in [-0.05, 0) is 18.9 Å². The number of rotatable bonds is 2. The van der Waals surface area contributed by atoms with Crippen molar-refractivity contribution >= 4 is 15.5 Å². The van der Waals surface area contributed by atoms with E-state index in [0.29, 0.717) is 24.3 Å². The van der Waals surface area contributed by atoms with Gasteiger partial charge in [0.15, 0.2) is 9.84 Å². The van der Waals surface area contributed by atoms with Crippen LogP contribution in [0.4, 0.5) is 0 Å². The van der Waals surface area contributed by atoms with Crippen molar-refractivity contribution in [3.63, 3.8) is 0 Å². The van der Waals surface area contributed by atoms with Crippen LogP contribution in [-0.2, 0) is 16.3 Å². The molecule has 0 spiro atoms. The minimum absolute atomic E-state index is 0.186. The van der Waals surface area contributed by atoms with Crippen molar-refractivity contribution in [2.24, 2.45) is 0 Å². The lowest BCUT2D eigenvalue weighted by Crippen LogP contribution is -2.31. The zero-order chi connectivity index (χ0) is 13.5. The number of fused-ring (bicyclic) bond motifs is 1. The van der Waals surface area contributed by atoms with E-state index in [0.717, 1.165) is 12.8 Å². The first-order valence-electron chi connectivity index (χ1n) is 6.34. The summed E-state index contributed by atoms with van der Waals surface area (Å²) >= 11 is 0. The van der Waals surface area contributed by atoms with Crippen molar-refractivity contribution in [2.75, 3.05) is 5.75 Å². The molecule has 1 atom stereocenters. The summed E-state index contributed by atoms with van der Waals surface area (Å²) in [4.78, 5) is 11.8.